The molecule has 0 spiro atoms. The fourth-order valence-electron chi connectivity index (χ4n) is 2.19. The molecule has 0 aliphatic rings. The molecule has 0 radical (unpaired) electrons. The van der Waals surface area contributed by atoms with E-state index in [-0.39, 0.29) is 6.01 Å². The predicted molar refractivity (Wildman–Crippen MR) is 94.0 cm³/mol. The minimum absolute atomic E-state index is 0.283. The van der Waals surface area contributed by atoms with Crippen LogP contribution in [0.25, 0.3) is 0 Å². The quantitative estimate of drug-likeness (QED) is 0.842. The number of nitrogens with one attached hydrogen (secondary N) is 1. The topological polar surface area (TPSA) is 66.4 Å². The third kappa shape index (κ3) is 4.21. The Morgan fingerprint density at radius 1 is 1.09 bits per heavy atom. The van der Waals surface area contributed by atoms with Crippen molar-refractivity contribution in [2.75, 3.05) is 49.4 Å². The predicted octanol–water partition coefficient (Wildman–Crippen LogP) is 2.54. The zero-order chi connectivity index (χ0) is 16.8. The van der Waals surface area contributed by atoms with Crippen molar-refractivity contribution in [1.82, 2.24) is 15.0 Å². The van der Waals surface area contributed by atoms with Gasteiger partial charge in [0.1, 0.15) is 0 Å². The number of aromatic nitrogens is 3. The van der Waals surface area contributed by atoms with Gasteiger partial charge in [0.2, 0.25) is 11.9 Å². The lowest BCUT2D eigenvalue weighted by Gasteiger charge is -2.21. The summed E-state index contributed by atoms with van der Waals surface area (Å²) in [6, 6.07) is 8.46. The van der Waals surface area contributed by atoms with Gasteiger partial charge >= 0.3 is 6.01 Å². The van der Waals surface area contributed by atoms with Gasteiger partial charge in [0.25, 0.3) is 0 Å². The third-order valence-electron chi connectivity index (χ3n) is 3.42. The second kappa shape index (κ2) is 7.62. The normalized spacial score (nSPS) is 10.3. The highest BCUT2D eigenvalue weighted by molar-refractivity contribution is 5.62. The van der Waals surface area contributed by atoms with Crippen molar-refractivity contribution in [2.24, 2.45) is 0 Å². The van der Waals surface area contributed by atoms with Gasteiger partial charge in [-0.15, -0.1) is 0 Å². The van der Waals surface area contributed by atoms with Gasteiger partial charge < -0.3 is 19.9 Å². The molecule has 124 valence electrons. The lowest BCUT2D eigenvalue weighted by atomic mass is 10.2. The van der Waals surface area contributed by atoms with Crippen LogP contribution in [0.1, 0.15) is 13.8 Å². The summed E-state index contributed by atoms with van der Waals surface area (Å²) in [6.07, 6.45) is 0. The molecule has 0 fully saturated rings. The van der Waals surface area contributed by atoms with Crippen LogP contribution in [0, 0.1) is 0 Å². The second-order valence-electron chi connectivity index (χ2n) is 5.19. The van der Waals surface area contributed by atoms with E-state index in [1.807, 2.05) is 31.1 Å². The van der Waals surface area contributed by atoms with Crippen molar-refractivity contribution in [2.45, 2.75) is 13.8 Å². The average Bonchev–Trinajstić information content (AvgIpc) is 2.56. The molecule has 0 unspecified atom stereocenters. The van der Waals surface area contributed by atoms with E-state index in [2.05, 4.69) is 51.1 Å². The van der Waals surface area contributed by atoms with Crippen molar-refractivity contribution in [3.8, 4) is 6.01 Å². The smallest absolute Gasteiger partial charge is 0.322 e. The highest BCUT2D eigenvalue weighted by atomic mass is 16.5. The number of anilines is 4. The monoisotopic (exact) mass is 316 g/mol. The SMILES string of the molecule is CCN(CC)c1cccc(Nc2nc(OC)nc(N(C)C)n2)c1. The Morgan fingerprint density at radius 3 is 2.43 bits per heavy atom. The average molecular weight is 316 g/mol. The minimum atomic E-state index is 0.283. The van der Waals surface area contributed by atoms with Gasteiger partial charge in [-0.3, -0.25) is 0 Å². The Balaban J connectivity index is 2.28. The summed E-state index contributed by atoms with van der Waals surface area (Å²) in [4.78, 5) is 16.9. The summed E-state index contributed by atoms with van der Waals surface area (Å²) in [6.45, 7) is 6.21. The van der Waals surface area contributed by atoms with Gasteiger partial charge in [-0.2, -0.15) is 15.0 Å². The van der Waals surface area contributed by atoms with E-state index < -0.39 is 0 Å². The third-order valence-corrected chi connectivity index (χ3v) is 3.42. The standard InChI is InChI=1S/C16H24N6O/c1-6-22(7-2)13-10-8-9-12(11-13)17-14-18-15(21(3)4)20-16(19-14)23-5/h8-11H,6-7H2,1-5H3,(H,17,18,19,20). The van der Waals surface area contributed by atoms with Crippen molar-refractivity contribution >= 4 is 23.3 Å². The molecule has 0 aliphatic heterocycles. The maximum absolute atomic E-state index is 5.14. The van der Waals surface area contributed by atoms with Gasteiger partial charge in [-0.1, -0.05) is 6.07 Å². The molecule has 2 aromatic rings. The fraction of sp³-hybridized carbons (Fsp3) is 0.438. The lowest BCUT2D eigenvalue weighted by molar-refractivity contribution is 0.379. The van der Waals surface area contributed by atoms with Crippen LogP contribution in [0.4, 0.5) is 23.3 Å². The van der Waals surface area contributed by atoms with E-state index in [0.29, 0.717) is 11.9 Å². The second-order valence-corrected chi connectivity index (χ2v) is 5.19. The Bertz CT molecular complexity index is 642. The molecule has 1 aromatic carbocycles. The van der Waals surface area contributed by atoms with Gasteiger partial charge in [0, 0.05) is 38.6 Å². The van der Waals surface area contributed by atoms with Gasteiger partial charge in [0.05, 0.1) is 7.11 Å². The molecule has 2 rings (SSSR count). The van der Waals surface area contributed by atoms with Gasteiger partial charge in [-0.25, -0.2) is 0 Å². The molecular formula is C16H24N6O. The van der Waals surface area contributed by atoms with E-state index in [4.69, 9.17) is 4.74 Å². The summed E-state index contributed by atoms with van der Waals surface area (Å²) in [5, 5.41) is 3.22. The highest BCUT2D eigenvalue weighted by Gasteiger charge is 2.09. The molecule has 0 saturated heterocycles. The van der Waals surface area contributed by atoms with Crippen LogP contribution in [0.15, 0.2) is 24.3 Å². The van der Waals surface area contributed by atoms with Crippen LogP contribution in [0.3, 0.4) is 0 Å². The zero-order valence-corrected chi connectivity index (χ0v) is 14.4. The Labute approximate surface area is 137 Å². The molecular weight excluding hydrogens is 292 g/mol. The molecule has 7 heteroatoms. The number of methoxy groups -OCH3 is 1. The first-order valence-electron chi connectivity index (χ1n) is 7.66. The fourth-order valence-corrected chi connectivity index (χ4v) is 2.19. The number of hydrogen-bond acceptors (Lipinski definition) is 7. The largest absolute Gasteiger partial charge is 0.467 e. The molecule has 1 aromatic heterocycles. The van der Waals surface area contributed by atoms with Crippen LogP contribution >= 0.6 is 0 Å². The van der Waals surface area contributed by atoms with Crippen LogP contribution in [0.5, 0.6) is 6.01 Å². The summed E-state index contributed by atoms with van der Waals surface area (Å²) in [7, 11) is 5.29. The molecule has 0 atom stereocenters. The zero-order valence-electron chi connectivity index (χ0n) is 14.4. The van der Waals surface area contributed by atoms with E-state index >= 15 is 0 Å². The summed E-state index contributed by atoms with van der Waals surface area (Å²) in [5.74, 6) is 0.997. The van der Waals surface area contributed by atoms with E-state index in [1.165, 1.54) is 0 Å². The summed E-state index contributed by atoms with van der Waals surface area (Å²) < 4.78 is 5.14. The first-order valence-corrected chi connectivity index (χ1v) is 7.66. The van der Waals surface area contributed by atoms with Crippen molar-refractivity contribution in [3.05, 3.63) is 24.3 Å². The minimum Gasteiger partial charge on any atom is -0.467 e. The Morgan fingerprint density at radius 2 is 1.83 bits per heavy atom. The summed E-state index contributed by atoms with van der Waals surface area (Å²) in [5.41, 5.74) is 2.08. The molecule has 0 saturated carbocycles. The first kappa shape index (κ1) is 16.8. The maximum Gasteiger partial charge on any atom is 0.322 e. The van der Waals surface area contributed by atoms with Crippen molar-refractivity contribution in [3.63, 3.8) is 0 Å². The highest BCUT2D eigenvalue weighted by Crippen LogP contribution is 2.22. The molecule has 0 aliphatic carbocycles. The van der Waals surface area contributed by atoms with Gasteiger partial charge in [0.15, 0.2) is 0 Å². The molecule has 1 N–H and O–H groups in total. The van der Waals surface area contributed by atoms with Gasteiger partial charge in [-0.05, 0) is 32.0 Å². The Hall–Kier alpha value is -2.57. The maximum atomic E-state index is 5.14. The van der Waals surface area contributed by atoms with Crippen LogP contribution in [-0.4, -0.2) is 49.2 Å². The summed E-state index contributed by atoms with van der Waals surface area (Å²) >= 11 is 0. The van der Waals surface area contributed by atoms with Crippen LogP contribution < -0.4 is 19.9 Å². The number of hydrogen-bond donors (Lipinski definition) is 1. The number of benzene rings is 1. The van der Waals surface area contributed by atoms with Crippen molar-refractivity contribution in [1.29, 1.82) is 0 Å². The van der Waals surface area contributed by atoms with Crippen LogP contribution in [-0.2, 0) is 0 Å². The molecule has 0 bridgehead atoms. The lowest BCUT2D eigenvalue weighted by Crippen LogP contribution is -2.21. The first-order chi connectivity index (χ1) is 11.1. The van der Waals surface area contributed by atoms with E-state index in [0.717, 1.165) is 24.5 Å². The Kier molecular flexibility index (Phi) is 5.56. The molecule has 0 amide bonds. The number of rotatable bonds is 7. The number of ether oxygens (including phenoxy) is 1. The van der Waals surface area contributed by atoms with E-state index in [9.17, 15) is 0 Å². The molecule has 1 heterocycles. The molecule has 7 nitrogen and oxygen atoms in total. The van der Waals surface area contributed by atoms with Crippen LogP contribution in [0.2, 0.25) is 0 Å². The number of nitrogens with zero attached hydrogens (tertiary/aromatic N) is 5. The van der Waals surface area contributed by atoms with E-state index in [1.54, 1.807) is 7.11 Å². The molecule has 23 heavy (non-hydrogen) atoms. The van der Waals surface area contributed by atoms with Crippen molar-refractivity contribution < 1.29 is 4.74 Å².